The second-order valence-electron chi connectivity index (χ2n) is 0.492. The van der Waals surface area contributed by atoms with Gasteiger partial charge in [0.2, 0.25) is 0 Å². The van der Waals surface area contributed by atoms with E-state index in [9.17, 15) is 0 Å². The Morgan fingerprint density at radius 3 is 1.50 bits per heavy atom. The summed E-state index contributed by atoms with van der Waals surface area (Å²) in [7, 11) is 3.40. The van der Waals surface area contributed by atoms with Gasteiger partial charge in [0, 0.05) is 25.2 Å². The van der Waals surface area contributed by atoms with Crippen LogP contribution in [0.25, 0.3) is 0 Å². The van der Waals surface area contributed by atoms with E-state index in [0.29, 0.717) is 0 Å². The zero-order chi connectivity index (χ0) is 4.12. The van der Waals surface area contributed by atoms with Gasteiger partial charge in [-0.1, -0.05) is 0 Å². The zero-order valence-corrected chi connectivity index (χ0v) is 5.82. The molecule has 0 heterocycles. The van der Waals surface area contributed by atoms with Crippen molar-refractivity contribution in [1.29, 1.82) is 0 Å². The fraction of sp³-hybridized carbons (Fsp3) is 1.00. The van der Waals surface area contributed by atoms with Crippen LogP contribution in [0.4, 0.5) is 0 Å². The third kappa shape index (κ3) is 8.84. The second-order valence-corrected chi connectivity index (χ2v) is 1.47. The molecule has 0 aromatic carbocycles. The van der Waals surface area contributed by atoms with E-state index in [1.54, 1.807) is 14.2 Å². The van der Waals surface area contributed by atoms with Crippen molar-refractivity contribution < 1.29 is 8.85 Å². The van der Waals surface area contributed by atoms with Crippen molar-refractivity contribution in [3.8, 4) is 0 Å². The van der Waals surface area contributed by atoms with Crippen LogP contribution in [0.1, 0.15) is 0 Å². The zero-order valence-electron chi connectivity index (χ0n) is 3.82. The van der Waals surface area contributed by atoms with Crippen LogP contribution < -0.4 is 0 Å². The van der Waals surface area contributed by atoms with Crippen LogP contribution in [-0.4, -0.2) is 35.2 Å². The molecule has 4 heteroatoms. The van der Waals surface area contributed by atoms with Gasteiger partial charge >= 0.3 is 10.0 Å². The molecule has 0 aromatic heterocycles. The first-order chi connectivity index (χ1) is 2.41. The molecule has 0 aromatic rings. The van der Waals surface area contributed by atoms with E-state index in [0.717, 1.165) is 0 Å². The Morgan fingerprint density at radius 2 is 1.50 bits per heavy atom. The van der Waals surface area contributed by atoms with Crippen molar-refractivity contribution in [3.63, 3.8) is 0 Å². The molecule has 34 valence electrons. The van der Waals surface area contributed by atoms with Crippen LogP contribution in [0.2, 0.25) is 0 Å². The van der Waals surface area contributed by atoms with Crippen LogP contribution in [0.15, 0.2) is 0 Å². The van der Waals surface area contributed by atoms with Crippen molar-refractivity contribution >= 4 is 21.0 Å². The molecule has 0 rings (SSSR count). The van der Waals surface area contributed by atoms with Gasteiger partial charge in [-0.15, -0.1) is 0 Å². The summed E-state index contributed by atoms with van der Waals surface area (Å²) in [5, 5.41) is 0. The molecule has 0 aliphatic heterocycles. The largest absolute Gasteiger partial charge is 0.432 e. The minimum absolute atomic E-state index is 0. The molecule has 2 nitrogen and oxygen atoms in total. The summed E-state index contributed by atoms with van der Waals surface area (Å²) in [5.41, 5.74) is 0. The Balaban J connectivity index is 0. The molecule has 0 aliphatic carbocycles. The number of hydrogen-bond acceptors (Lipinski definition) is 2. The van der Waals surface area contributed by atoms with E-state index >= 15 is 0 Å². The lowest BCUT2D eigenvalue weighted by atomic mass is 11.8. The average Bonchev–Trinajstić information content (AvgIpc) is 1.41. The van der Waals surface area contributed by atoms with Crippen LogP contribution in [0.3, 0.4) is 0 Å². The standard InChI is InChI=1S/C2H6O2Si.Si/c1-3-5-4-2;/h1-2H3;. The first kappa shape index (κ1) is 9.61. The third-order valence-electron chi connectivity index (χ3n) is 0.167. The minimum Gasteiger partial charge on any atom is -0.396 e. The molecule has 6 radical (unpaired) electrons. The molecule has 0 unspecified atom stereocenters. The Labute approximate surface area is 44.9 Å². The van der Waals surface area contributed by atoms with Gasteiger partial charge in [-0.3, -0.25) is 0 Å². The molecule has 0 fully saturated rings. The van der Waals surface area contributed by atoms with Crippen molar-refractivity contribution in [2.45, 2.75) is 0 Å². The van der Waals surface area contributed by atoms with Gasteiger partial charge in [-0.2, -0.15) is 0 Å². The molecule has 0 N–H and O–H groups in total. The molecule has 0 spiro atoms. The van der Waals surface area contributed by atoms with E-state index in [1.165, 1.54) is 0 Å². The molecule has 0 atom stereocenters. The van der Waals surface area contributed by atoms with Gasteiger partial charge in [0.15, 0.2) is 0 Å². The Hall–Kier alpha value is 0.354. The van der Waals surface area contributed by atoms with E-state index < -0.39 is 0 Å². The molecule has 0 bridgehead atoms. The van der Waals surface area contributed by atoms with E-state index in [2.05, 4.69) is 8.85 Å². The molecule has 0 saturated heterocycles. The predicted molar refractivity (Wildman–Crippen MR) is 25.5 cm³/mol. The topological polar surface area (TPSA) is 18.5 Å². The van der Waals surface area contributed by atoms with Gasteiger partial charge in [-0.25, -0.2) is 0 Å². The highest BCUT2D eigenvalue weighted by atomic mass is 28.3. The molecule has 0 amide bonds. The Morgan fingerprint density at radius 1 is 1.17 bits per heavy atom. The first-order valence-corrected chi connectivity index (χ1v) is 2.04. The maximum atomic E-state index is 4.50. The predicted octanol–water partition coefficient (Wildman–Crippen LogP) is -0.567. The smallest absolute Gasteiger partial charge is 0.396 e. The van der Waals surface area contributed by atoms with Crippen molar-refractivity contribution in [3.05, 3.63) is 0 Å². The van der Waals surface area contributed by atoms with E-state index in [1.807, 2.05) is 0 Å². The van der Waals surface area contributed by atoms with Gasteiger partial charge < -0.3 is 8.85 Å². The van der Waals surface area contributed by atoms with Crippen LogP contribution >= 0.6 is 0 Å². The highest BCUT2D eigenvalue weighted by Gasteiger charge is 1.73. The number of rotatable bonds is 2. The summed E-state index contributed by atoms with van der Waals surface area (Å²) in [5.74, 6) is 0. The fourth-order valence-corrected chi connectivity index (χ4v) is 0.250. The summed E-state index contributed by atoms with van der Waals surface area (Å²) in [6, 6.07) is 0. The van der Waals surface area contributed by atoms with Gasteiger partial charge in [0.1, 0.15) is 0 Å². The van der Waals surface area contributed by atoms with Crippen molar-refractivity contribution in [1.82, 2.24) is 0 Å². The number of hydrogen-bond donors (Lipinski definition) is 0. The maximum absolute atomic E-state index is 4.50. The molecule has 0 aliphatic rings. The van der Waals surface area contributed by atoms with E-state index in [-0.39, 0.29) is 21.0 Å². The minimum atomic E-state index is 0. The molecule has 0 saturated carbocycles. The first-order valence-electron chi connectivity index (χ1n) is 1.22. The average molecular weight is 118 g/mol. The lowest BCUT2D eigenvalue weighted by Gasteiger charge is -1.82. The summed E-state index contributed by atoms with van der Waals surface area (Å²) in [4.78, 5) is 0. The second kappa shape index (κ2) is 9.02. The molecule has 6 heavy (non-hydrogen) atoms. The Bertz CT molecular complexity index is 17.0. The van der Waals surface area contributed by atoms with Crippen molar-refractivity contribution in [2.24, 2.45) is 0 Å². The summed E-state index contributed by atoms with van der Waals surface area (Å²) in [6.07, 6.45) is 0. The van der Waals surface area contributed by atoms with Crippen LogP contribution in [0.5, 0.6) is 0 Å². The quantitative estimate of drug-likeness (QED) is 0.452. The molecular formula is C2H6O2Si2. The van der Waals surface area contributed by atoms with Crippen molar-refractivity contribution in [2.75, 3.05) is 14.2 Å². The summed E-state index contributed by atoms with van der Waals surface area (Å²) in [6.45, 7) is 0. The maximum Gasteiger partial charge on any atom is 0.432 e. The monoisotopic (exact) mass is 118 g/mol. The van der Waals surface area contributed by atoms with E-state index in [4.69, 9.17) is 0 Å². The lowest BCUT2D eigenvalue weighted by Crippen LogP contribution is -1.93. The van der Waals surface area contributed by atoms with Crippen LogP contribution in [-0.2, 0) is 8.85 Å². The van der Waals surface area contributed by atoms with Gasteiger partial charge in [0.25, 0.3) is 0 Å². The fourth-order valence-electron chi connectivity index (χ4n) is 0.0833. The van der Waals surface area contributed by atoms with Gasteiger partial charge in [0.05, 0.1) is 0 Å². The Kier molecular flexibility index (Phi) is 14.4. The normalized spacial score (nSPS) is 7.00. The highest BCUT2D eigenvalue weighted by molar-refractivity contribution is 6.17. The summed E-state index contributed by atoms with van der Waals surface area (Å²) < 4.78 is 8.99. The van der Waals surface area contributed by atoms with Crippen LogP contribution in [0, 0.1) is 0 Å². The third-order valence-corrected chi connectivity index (χ3v) is 0.500. The van der Waals surface area contributed by atoms with Gasteiger partial charge in [-0.05, 0) is 0 Å². The highest BCUT2D eigenvalue weighted by Crippen LogP contribution is 1.55. The molecular weight excluding hydrogens is 112 g/mol. The summed E-state index contributed by atoms with van der Waals surface area (Å²) >= 11 is 0. The lowest BCUT2D eigenvalue weighted by molar-refractivity contribution is 0.309. The SMILES string of the molecule is CO[Si]OC.[Si].